The minimum absolute atomic E-state index is 0.0839. The van der Waals surface area contributed by atoms with Crippen molar-refractivity contribution in [2.45, 2.75) is 13.3 Å². The number of furan rings is 1. The highest BCUT2D eigenvalue weighted by molar-refractivity contribution is 5.93. The molecule has 0 aromatic carbocycles. The van der Waals surface area contributed by atoms with Crippen LogP contribution in [0.4, 0.5) is 0 Å². The predicted molar refractivity (Wildman–Crippen MR) is 39.5 cm³/mol. The predicted octanol–water partition coefficient (Wildman–Crippen LogP) is 0.874. The van der Waals surface area contributed by atoms with Crippen LogP contribution in [0.25, 0.3) is 0 Å². The van der Waals surface area contributed by atoms with E-state index in [9.17, 15) is 4.79 Å². The summed E-state index contributed by atoms with van der Waals surface area (Å²) in [6.07, 6.45) is 0.887. The largest absolute Gasteiger partial charge is 0.456 e. The molecule has 0 bridgehead atoms. The Hall–Kier alpha value is -1.25. The number of carbonyl (C=O) groups is 1. The third kappa shape index (κ3) is 0.926. The smallest absolute Gasteiger partial charge is 0.287 e. The van der Waals surface area contributed by atoms with E-state index in [1.165, 1.54) is 0 Å². The van der Waals surface area contributed by atoms with Gasteiger partial charge in [0.05, 0.1) is 0 Å². The maximum absolute atomic E-state index is 11.1. The molecule has 1 N–H and O–H groups in total. The monoisotopic (exact) mass is 151 g/mol. The standard InChI is InChI=1S/C8H9NO2/c1-5-4-6-2-3-9-8(10)7(6)11-5/h4H,2-3H2,1H3,(H,9,10). The molecule has 2 heterocycles. The summed E-state index contributed by atoms with van der Waals surface area (Å²) < 4.78 is 5.21. The Labute approximate surface area is 64.4 Å². The first-order valence-electron chi connectivity index (χ1n) is 3.65. The van der Waals surface area contributed by atoms with E-state index in [-0.39, 0.29) is 5.91 Å². The lowest BCUT2D eigenvalue weighted by Gasteiger charge is -2.09. The summed E-state index contributed by atoms with van der Waals surface area (Å²) in [5.74, 6) is 1.22. The first-order chi connectivity index (χ1) is 5.27. The van der Waals surface area contributed by atoms with E-state index in [1.54, 1.807) is 0 Å². The topological polar surface area (TPSA) is 42.2 Å². The van der Waals surface area contributed by atoms with Crippen LogP contribution in [0.15, 0.2) is 10.5 Å². The molecule has 0 saturated heterocycles. The molecule has 1 aliphatic rings. The quantitative estimate of drug-likeness (QED) is 0.598. The van der Waals surface area contributed by atoms with Gasteiger partial charge in [-0.1, -0.05) is 0 Å². The Bertz CT molecular complexity index is 301. The molecule has 0 spiro atoms. The highest BCUT2D eigenvalue weighted by Crippen LogP contribution is 2.17. The van der Waals surface area contributed by atoms with E-state index in [4.69, 9.17) is 4.42 Å². The van der Waals surface area contributed by atoms with Crippen LogP contribution in [0.2, 0.25) is 0 Å². The van der Waals surface area contributed by atoms with Crippen molar-refractivity contribution < 1.29 is 9.21 Å². The average molecular weight is 151 g/mol. The fourth-order valence-electron chi connectivity index (χ4n) is 1.34. The molecule has 1 aromatic heterocycles. The van der Waals surface area contributed by atoms with Gasteiger partial charge in [-0.25, -0.2) is 0 Å². The second-order valence-corrected chi connectivity index (χ2v) is 2.72. The number of carbonyl (C=O) groups excluding carboxylic acids is 1. The summed E-state index contributed by atoms with van der Waals surface area (Å²) in [6.45, 7) is 2.58. The van der Waals surface area contributed by atoms with E-state index in [2.05, 4.69) is 5.32 Å². The van der Waals surface area contributed by atoms with Crippen LogP contribution < -0.4 is 5.32 Å². The van der Waals surface area contributed by atoms with Crippen LogP contribution in [0.3, 0.4) is 0 Å². The van der Waals surface area contributed by atoms with Crippen molar-refractivity contribution in [2.24, 2.45) is 0 Å². The Kier molecular flexibility index (Phi) is 1.24. The summed E-state index contributed by atoms with van der Waals surface area (Å²) >= 11 is 0. The van der Waals surface area contributed by atoms with Gasteiger partial charge in [0.25, 0.3) is 5.91 Å². The SMILES string of the molecule is Cc1cc2c(o1)C(=O)NCC2. The summed E-state index contributed by atoms with van der Waals surface area (Å²) in [6, 6.07) is 1.92. The maximum atomic E-state index is 11.1. The molecule has 3 heteroatoms. The number of hydrogen-bond donors (Lipinski definition) is 1. The van der Waals surface area contributed by atoms with E-state index in [1.807, 2.05) is 13.0 Å². The van der Waals surface area contributed by atoms with E-state index in [0.29, 0.717) is 5.76 Å². The summed E-state index contributed by atoms with van der Waals surface area (Å²) in [7, 11) is 0. The van der Waals surface area contributed by atoms with Gasteiger partial charge < -0.3 is 9.73 Å². The van der Waals surface area contributed by atoms with Gasteiger partial charge in [-0.2, -0.15) is 0 Å². The minimum Gasteiger partial charge on any atom is -0.456 e. The molecule has 11 heavy (non-hydrogen) atoms. The van der Waals surface area contributed by atoms with Crippen LogP contribution in [0.5, 0.6) is 0 Å². The number of rotatable bonds is 0. The number of hydrogen-bond acceptors (Lipinski definition) is 2. The van der Waals surface area contributed by atoms with Gasteiger partial charge in [0.15, 0.2) is 5.76 Å². The Morgan fingerprint density at radius 1 is 1.64 bits per heavy atom. The number of fused-ring (bicyclic) bond motifs is 1. The van der Waals surface area contributed by atoms with Crippen LogP contribution in [0.1, 0.15) is 21.9 Å². The molecule has 1 amide bonds. The molecular weight excluding hydrogens is 142 g/mol. The molecule has 0 aliphatic carbocycles. The van der Waals surface area contributed by atoms with Crippen molar-refractivity contribution in [1.82, 2.24) is 5.32 Å². The normalized spacial score (nSPS) is 15.9. The molecule has 0 unspecified atom stereocenters. The molecule has 0 radical (unpaired) electrons. The van der Waals surface area contributed by atoms with Gasteiger partial charge in [0.2, 0.25) is 0 Å². The fourth-order valence-corrected chi connectivity index (χ4v) is 1.34. The van der Waals surface area contributed by atoms with Crippen molar-refractivity contribution in [2.75, 3.05) is 6.54 Å². The third-order valence-electron chi connectivity index (χ3n) is 1.82. The molecule has 58 valence electrons. The van der Waals surface area contributed by atoms with Crippen LogP contribution in [-0.4, -0.2) is 12.5 Å². The summed E-state index contributed by atoms with van der Waals surface area (Å²) in [5, 5.41) is 2.72. The van der Waals surface area contributed by atoms with Gasteiger partial charge >= 0.3 is 0 Å². The van der Waals surface area contributed by atoms with Crippen molar-refractivity contribution in [3.8, 4) is 0 Å². The van der Waals surface area contributed by atoms with Crippen LogP contribution >= 0.6 is 0 Å². The lowest BCUT2D eigenvalue weighted by molar-refractivity contribution is 0.0915. The van der Waals surface area contributed by atoms with Gasteiger partial charge in [0, 0.05) is 12.1 Å². The van der Waals surface area contributed by atoms with Crippen molar-refractivity contribution >= 4 is 5.91 Å². The maximum Gasteiger partial charge on any atom is 0.287 e. The zero-order valence-corrected chi connectivity index (χ0v) is 6.31. The second kappa shape index (κ2) is 2.12. The van der Waals surface area contributed by atoms with E-state index < -0.39 is 0 Å². The highest BCUT2D eigenvalue weighted by Gasteiger charge is 2.20. The molecule has 2 rings (SSSR count). The molecule has 0 saturated carbocycles. The molecule has 1 aliphatic heterocycles. The van der Waals surface area contributed by atoms with Crippen molar-refractivity contribution in [1.29, 1.82) is 0 Å². The van der Waals surface area contributed by atoms with Crippen LogP contribution in [0, 0.1) is 6.92 Å². The zero-order chi connectivity index (χ0) is 7.84. The average Bonchev–Trinajstić information content (AvgIpc) is 2.31. The Balaban J connectivity index is 2.52. The van der Waals surface area contributed by atoms with Gasteiger partial charge in [-0.3, -0.25) is 4.79 Å². The molecule has 0 fully saturated rings. The Morgan fingerprint density at radius 3 is 3.18 bits per heavy atom. The van der Waals surface area contributed by atoms with E-state index >= 15 is 0 Å². The molecule has 1 aromatic rings. The van der Waals surface area contributed by atoms with Gasteiger partial charge in [0.1, 0.15) is 5.76 Å². The molecule has 0 atom stereocenters. The highest BCUT2D eigenvalue weighted by atomic mass is 16.3. The number of nitrogens with one attached hydrogen (secondary N) is 1. The second-order valence-electron chi connectivity index (χ2n) is 2.72. The molecular formula is C8H9NO2. The first-order valence-corrected chi connectivity index (χ1v) is 3.65. The van der Waals surface area contributed by atoms with Gasteiger partial charge in [-0.05, 0) is 19.4 Å². The zero-order valence-electron chi connectivity index (χ0n) is 6.31. The third-order valence-corrected chi connectivity index (χ3v) is 1.82. The number of aryl methyl sites for hydroxylation is 1. The van der Waals surface area contributed by atoms with Gasteiger partial charge in [-0.15, -0.1) is 0 Å². The fraction of sp³-hybridized carbons (Fsp3) is 0.375. The molecule has 3 nitrogen and oxygen atoms in total. The minimum atomic E-state index is -0.0839. The first kappa shape index (κ1) is 6.46. The Morgan fingerprint density at radius 2 is 2.45 bits per heavy atom. The summed E-state index contributed by atoms with van der Waals surface area (Å²) in [5.41, 5.74) is 1.03. The lowest BCUT2D eigenvalue weighted by Crippen LogP contribution is -2.30. The van der Waals surface area contributed by atoms with Crippen molar-refractivity contribution in [3.05, 3.63) is 23.2 Å². The number of amides is 1. The van der Waals surface area contributed by atoms with E-state index in [0.717, 1.165) is 24.3 Å². The van der Waals surface area contributed by atoms with Crippen molar-refractivity contribution in [3.63, 3.8) is 0 Å². The van der Waals surface area contributed by atoms with Crippen LogP contribution in [-0.2, 0) is 6.42 Å². The summed E-state index contributed by atoms with van der Waals surface area (Å²) in [4.78, 5) is 11.1. The lowest BCUT2D eigenvalue weighted by atomic mass is 10.1.